The molecule has 2 atom stereocenters. The van der Waals surface area contributed by atoms with Gasteiger partial charge in [0.15, 0.2) is 0 Å². The van der Waals surface area contributed by atoms with Crippen LogP contribution in [0.5, 0.6) is 0 Å². The van der Waals surface area contributed by atoms with Crippen LogP contribution in [0, 0.1) is 0 Å². The molecule has 1 aromatic carbocycles. The van der Waals surface area contributed by atoms with Gasteiger partial charge in [-0.15, -0.1) is 11.3 Å². The first-order valence-corrected chi connectivity index (χ1v) is 11.6. The number of carbonyl (C=O) groups excluding carboxylic acids is 1. The van der Waals surface area contributed by atoms with Gasteiger partial charge in [0.05, 0.1) is 22.5 Å². The topological polar surface area (TPSA) is 88.6 Å². The van der Waals surface area contributed by atoms with Gasteiger partial charge in [0.25, 0.3) is 0 Å². The van der Waals surface area contributed by atoms with Gasteiger partial charge in [0, 0.05) is 17.5 Å². The molecule has 7 nitrogen and oxygen atoms in total. The van der Waals surface area contributed by atoms with E-state index in [1.54, 1.807) is 12.4 Å². The van der Waals surface area contributed by atoms with Crippen LogP contribution in [-0.4, -0.2) is 41.7 Å². The molecule has 0 aliphatic carbocycles. The summed E-state index contributed by atoms with van der Waals surface area (Å²) < 4.78 is 33.8. The summed E-state index contributed by atoms with van der Waals surface area (Å²) in [4.78, 5) is 18.3. The maximum atomic E-state index is 12.9. The lowest BCUT2D eigenvalue weighted by atomic mass is 10.0. The zero-order chi connectivity index (χ0) is 20.4. The van der Waals surface area contributed by atoms with Gasteiger partial charge in [0.2, 0.25) is 10.0 Å². The van der Waals surface area contributed by atoms with E-state index in [0.717, 1.165) is 5.56 Å². The van der Waals surface area contributed by atoms with Crippen molar-refractivity contribution < 1.29 is 17.9 Å². The fraction of sp³-hybridized carbons (Fsp3) is 0.474. The van der Waals surface area contributed by atoms with Gasteiger partial charge in [-0.3, -0.25) is 0 Å². The number of benzene rings is 1. The molecule has 1 saturated heterocycles. The Balaban J connectivity index is 1.64. The maximum Gasteiger partial charge on any atom is 0.410 e. The Hall–Kier alpha value is -1.97. The second-order valence-corrected chi connectivity index (χ2v) is 10.3. The summed E-state index contributed by atoms with van der Waals surface area (Å²) in [5, 5.41) is 1.12. The number of amides is 1. The number of likely N-dealkylation sites (tertiary alicyclic amines) is 1. The lowest BCUT2D eigenvalue weighted by Gasteiger charge is -2.30. The minimum absolute atomic E-state index is 0.0970. The highest BCUT2D eigenvalue weighted by Crippen LogP contribution is 2.33. The van der Waals surface area contributed by atoms with Gasteiger partial charge in [-0.05, 0) is 32.8 Å². The molecule has 152 valence electrons. The third-order valence-corrected chi connectivity index (χ3v) is 7.42. The van der Waals surface area contributed by atoms with E-state index in [4.69, 9.17) is 4.74 Å². The number of rotatable bonds is 6. The zero-order valence-corrected chi connectivity index (χ0v) is 17.8. The molecule has 1 amide bonds. The van der Waals surface area contributed by atoms with Crippen molar-refractivity contribution in [1.29, 1.82) is 0 Å². The van der Waals surface area contributed by atoms with Gasteiger partial charge in [0.1, 0.15) is 6.61 Å². The Morgan fingerprint density at radius 3 is 2.75 bits per heavy atom. The molecule has 28 heavy (non-hydrogen) atoms. The lowest BCUT2D eigenvalue weighted by molar-refractivity contribution is 0.0753. The standard InChI is InChI=1S/C19H25N3O4S2/c1-14(17-12-27-13-20-17)21-28(24,25)16-9-19(2,3)22(10-16)18(23)26-11-15-7-5-4-6-8-15/h4-8,12-14,16,21H,9-11H2,1-3H3. The molecule has 2 unspecified atom stereocenters. The summed E-state index contributed by atoms with van der Waals surface area (Å²) in [7, 11) is -3.62. The molecular formula is C19H25N3O4S2. The third kappa shape index (κ3) is 4.71. The molecule has 0 radical (unpaired) electrons. The van der Waals surface area contributed by atoms with Crippen LogP contribution in [-0.2, 0) is 21.4 Å². The highest BCUT2D eigenvalue weighted by molar-refractivity contribution is 7.90. The Morgan fingerprint density at radius 2 is 2.11 bits per heavy atom. The molecule has 2 aromatic rings. The number of aromatic nitrogens is 1. The lowest BCUT2D eigenvalue weighted by Crippen LogP contribution is -2.43. The smallest absolute Gasteiger partial charge is 0.410 e. The van der Waals surface area contributed by atoms with Crippen molar-refractivity contribution in [1.82, 2.24) is 14.6 Å². The van der Waals surface area contributed by atoms with E-state index < -0.39 is 32.9 Å². The Labute approximate surface area is 169 Å². The number of sulfonamides is 1. The number of nitrogens with zero attached hydrogens (tertiary/aromatic N) is 2. The van der Waals surface area contributed by atoms with Crippen molar-refractivity contribution in [3.8, 4) is 0 Å². The SMILES string of the molecule is CC(NS(=O)(=O)C1CN(C(=O)OCc2ccccc2)C(C)(C)C1)c1cscn1. The normalized spacial score (nSPS) is 20.1. The number of hydrogen-bond acceptors (Lipinski definition) is 6. The predicted octanol–water partition coefficient (Wildman–Crippen LogP) is 3.31. The minimum Gasteiger partial charge on any atom is -0.445 e. The first-order chi connectivity index (χ1) is 13.2. The molecule has 0 bridgehead atoms. The Kier molecular flexibility index (Phi) is 6.07. The maximum absolute atomic E-state index is 12.9. The van der Waals surface area contributed by atoms with Crippen LogP contribution < -0.4 is 4.72 Å². The van der Waals surface area contributed by atoms with Gasteiger partial charge < -0.3 is 9.64 Å². The Bertz CT molecular complexity index is 899. The molecule has 1 N–H and O–H groups in total. The molecule has 0 saturated carbocycles. The number of hydrogen-bond donors (Lipinski definition) is 1. The second-order valence-electron chi connectivity index (χ2n) is 7.59. The van der Waals surface area contributed by atoms with Crippen LogP contribution in [0.4, 0.5) is 4.79 Å². The molecule has 3 rings (SSSR count). The highest BCUT2D eigenvalue weighted by Gasteiger charge is 2.47. The summed E-state index contributed by atoms with van der Waals surface area (Å²) >= 11 is 1.42. The van der Waals surface area contributed by atoms with Crippen LogP contribution in [0.15, 0.2) is 41.2 Å². The number of carbonyl (C=O) groups is 1. The van der Waals surface area contributed by atoms with Crippen molar-refractivity contribution >= 4 is 27.5 Å². The molecule has 0 spiro atoms. The van der Waals surface area contributed by atoms with Crippen LogP contribution in [0.3, 0.4) is 0 Å². The average Bonchev–Trinajstić information content (AvgIpc) is 3.28. The summed E-state index contributed by atoms with van der Waals surface area (Å²) in [6.45, 7) is 5.73. The van der Waals surface area contributed by atoms with E-state index in [2.05, 4.69) is 9.71 Å². The van der Waals surface area contributed by atoms with Gasteiger partial charge >= 0.3 is 6.09 Å². The summed E-state index contributed by atoms with van der Waals surface area (Å²) in [6.07, 6.45) is -0.161. The number of ether oxygens (including phenoxy) is 1. The fourth-order valence-electron chi connectivity index (χ4n) is 3.35. The number of thiazole rings is 1. The van der Waals surface area contributed by atoms with Crippen molar-refractivity contribution in [3.63, 3.8) is 0 Å². The first kappa shape index (κ1) is 20.8. The minimum atomic E-state index is -3.62. The molecule has 2 heterocycles. The van der Waals surface area contributed by atoms with Crippen LogP contribution in [0.1, 0.15) is 44.5 Å². The van der Waals surface area contributed by atoms with Crippen molar-refractivity contribution in [2.75, 3.05) is 6.54 Å². The van der Waals surface area contributed by atoms with E-state index in [9.17, 15) is 13.2 Å². The molecule has 1 aliphatic rings. The number of nitrogens with one attached hydrogen (secondary N) is 1. The zero-order valence-electron chi connectivity index (χ0n) is 16.2. The van der Waals surface area contributed by atoms with Gasteiger partial charge in [-0.2, -0.15) is 0 Å². The fourth-order valence-corrected chi connectivity index (χ4v) is 5.77. The van der Waals surface area contributed by atoms with Crippen molar-refractivity contribution in [2.24, 2.45) is 0 Å². The second kappa shape index (κ2) is 8.18. The largest absolute Gasteiger partial charge is 0.445 e. The van der Waals surface area contributed by atoms with Crippen LogP contribution in [0.25, 0.3) is 0 Å². The molecule has 1 aromatic heterocycles. The quantitative estimate of drug-likeness (QED) is 0.770. The molecule has 1 aliphatic heterocycles. The van der Waals surface area contributed by atoms with Gasteiger partial charge in [-0.25, -0.2) is 22.9 Å². The summed E-state index contributed by atoms with van der Waals surface area (Å²) in [5.74, 6) is 0. The summed E-state index contributed by atoms with van der Waals surface area (Å²) in [6, 6.07) is 8.98. The van der Waals surface area contributed by atoms with E-state index in [1.165, 1.54) is 16.2 Å². The molecular weight excluding hydrogens is 398 g/mol. The van der Waals surface area contributed by atoms with Crippen LogP contribution >= 0.6 is 11.3 Å². The average molecular weight is 424 g/mol. The molecule has 9 heteroatoms. The third-order valence-electron chi connectivity index (χ3n) is 4.94. The van der Waals surface area contributed by atoms with E-state index in [-0.39, 0.29) is 13.2 Å². The monoisotopic (exact) mass is 423 g/mol. The first-order valence-electron chi connectivity index (χ1n) is 9.06. The highest BCUT2D eigenvalue weighted by atomic mass is 32.2. The van der Waals surface area contributed by atoms with E-state index in [0.29, 0.717) is 12.1 Å². The van der Waals surface area contributed by atoms with E-state index >= 15 is 0 Å². The Morgan fingerprint density at radius 1 is 1.39 bits per heavy atom. The predicted molar refractivity (Wildman–Crippen MR) is 108 cm³/mol. The van der Waals surface area contributed by atoms with Gasteiger partial charge in [-0.1, -0.05) is 30.3 Å². The summed E-state index contributed by atoms with van der Waals surface area (Å²) in [5.41, 5.74) is 2.63. The van der Waals surface area contributed by atoms with E-state index in [1.807, 2.05) is 49.6 Å². The molecule has 1 fully saturated rings. The van der Waals surface area contributed by atoms with Crippen molar-refractivity contribution in [3.05, 3.63) is 52.5 Å². The van der Waals surface area contributed by atoms with Crippen molar-refractivity contribution in [2.45, 2.75) is 50.6 Å². The van der Waals surface area contributed by atoms with Crippen LogP contribution in [0.2, 0.25) is 0 Å².